The Morgan fingerprint density at radius 2 is 1.93 bits per heavy atom. The number of aliphatic carboxylic acids is 1. The third kappa shape index (κ3) is 3.79. The zero-order valence-corrected chi connectivity index (χ0v) is 16.9. The minimum absolute atomic E-state index is 0.0769. The predicted molar refractivity (Wildman–Crippen MR) is 107 cm³/mol. The van der Waals surface area contributed by atoms with Crippen LogP contribution in [0.1, 0.15) is 53.0 Å². The van der Waals surface area contributed by atoms with Gasteiger partial charge in [0.25, 0.3) is 5.91 Å². The zero-order valence-electron chi connectivity index (χ0n) is 16.9. The first-order chi connectivity index (χ1) is 14.0. The van der Waals surface area contributed by atoms with Crippen LogP contribution in [0.3, 0.4) is 0 Å². The summed E-state index contributed by atoms with van der Waals surface area (Å²) in [7, 11) is 1.60. The molecule has 1 saturated heterocycles. The van der Waals surface area contributed by atoms with Crippen molar-refractivity contribution < 1.29 is 19.4 Å². The fourth-order valence-electron chi connectivity index (χ4n) is 4.49. The van der Waals surface area contributed by atoms with Crippen molar-refractivity contribution in [3.63, 3.8) is 0 Å². The number of carbonyl (C=O) groups is 2. The van der Waals surface area contributed by atoms with Gasteiger partial charge in [0.05, 0.1) is 18.2 Å². The van der Waals surface area contributed by atoms with E-state index in [1.54, 1.807) is 12.0 Å². The van der Waals surface area contributed by atoms with Crippen LogP contribution in [-0.2, 0) is 22.4 Å². The molecular weight excluding hydrogens is 370 g/mol. The highest BCUT2D eigenvalue weighted by Crippen LogP contribution is 2.30. The van der Waals surface area contributed by atoms with E-state index in [-0.39, 0.29) is 24.5 Å². The van der Waals surface area contributed by atoms with Crippen molar-refractivity contribution >= 4 is 11.9 Å². The summed E-state index contributed by atoms with van der Waals surface area (Å²) in [5, 5.41) is 14.0. The number of carboxylic acid groups (broad SMARTS) is 1. The molecule has 2 heterocycles. The summed E-state index contributed by atoms with van der Waals surface area (Å²) in [4.78, 5) is 26.4. The molecular formula is C22H27N3O4. The van der Waals surface area contributed by atoms with Gasteiger partial charge in [0.1, 0.15) is 0 Å². The lowest BCUT2D eigenvalue weighted by atomic mass is 9.95. The average Bonchev–Trinajstić information content (AvgIpc) is 3.29. The van der Waals surface area contributed by atoms with Gasteiger partial charge in [-0.1, -0.05) is 17.7 Å². The topological polar surface area (TPSA) is 84.7 Å². The number of rotatable bonds is 5. The maximum Gasteiger partial charge on any atom is 0.305 e. The predicted octanol–water partition coefficient (Wildman–Crippen LogP) is 2.76. The van der Waals surface area contributed by atoms with Crippen molar-refractivity contribution in [2.24, 2.45) is 0 Å². The van der Waals surface area contributed by atoms with Crippen LogP contribution in [-0.4, -0.2) is 57.5 Å². The summed E-state index contributed by atoms with van der Waals surface area (Å²) in [5.41, 5.74) is 4.70. The largest absolute Gasteiger partial charge is 0.481 e. The second-order valence-electron chi connectivity index (χ2n) is 8.03. The number of benzene rings is 1. The maximum absolute atomic E-state index is 13.5. The van der Waals surface area contributed by atoms with Gasteiger partial charge in [-0.15, -0.1) is 0 Å². The molecule has 1 aromatic heterocycles. The van der Waals surface area contributed by atoms with E-state index >= 15 is 0 Å². The molecule has 0 radical (unpaired) electrons. The van der Waals surface area contributed by atoms with E-state index in [0.717, 1.165) is 42.6 Å². The number of aromatic nitrogens is 2. The Morgan fingerprint density at radius 3 is 2.62 bits per heavy atom. The van der Waals surface area contributed by atoms with Crippen molar-refractivity contribution in [2.45, 2.75) is 57.6 Å². The second-order valence-corrected chi connectivity index (χ2v) is 8.03. The van der Waals surface area contributed by atoms with Crippen molar-refractivity contribution in [3.05, 3.63) is 46.8 Å². The summed E-state index contributed by atoms with van der Waals surface area (Å²) in [6, 6.07) is 7.76. The van der Waals surface area contributed by atoms with Gasteiger partial charge >= 0.3 is 5.97 Å². The molecule has 1 fully saturated rings. The lowest BCUT2D eigenvalue weighted by Gasteiger charge is -2.23. The molecule has 0 bridgehead atoms. The molecule has 29 heavy (non-hydrogen) atoms. The molecule has 1 N–H and O–H groups in total. The number of ether oxygens (including phenoxy) is 1. The fourth-order valence-corrected chi connectivity index (χ4v) is 4.49. The van der Waals surface area contributed by atoms with Crippen LogP contribution in [0, 0.1) is 6.92 Å². The molecule has 2 atom stereocenters. The fraction of sp³-hybridized carbons (Fsp3) is 0.500. The molecule has 1 amide bonds. The van der Waals surface area contributed by atoms with E-state index < -0.39 is 5.97 Å². The Hall–Kier alpha value is -2.67. The van der Waals surface area contributed by atoms with Crippen molar-refractivity contribution in [1.82, 2.24) is 14.7 Å². The molecule has 2 aliphatic rings. The van der Waals surface area contributed by atoms with Crippen LogP contribution in [0.15, 0.2) is 24.3 Å². The lowest BCUT2D eigenvalue weighted by Crippen LogP contribution is -2.38. The van der Waals surface area contributed by atoms with Gasteiger partial charge in [0.2, 0.25) is 0 Å². The number of likely N-dealkylation sites (tertiary alicyclic amines) is 1. The van der Waals surface area contributed by atoms with Crippen LogP contribution in [0.2, 0.25) is 0 Å². The number of aryl methyl sites for hydroxylation is 1. The second kappa shape index (κ2) is 7.99. The van der Waals surface area contributed by atoms with Crippen molar-refractivity contribution in [2.75, 3.05) is 13.7 Å². The summed E-state index contributed by atoms with van der Waals surface area (Å²) in [6.07, 6.45) is 4.15. The first kappa shape index (κ1) is 19.6. The quantitative estimate of drug-likeness (QED) is 0.839. The molecule has 7 heteroatoms. The summed E-state index contributed by atoms with van der Waals surface area (Å²) < 4.78 is 7.33. The number of amides is 1. The SMILES string of the molecule is COC1CC(CC(=O)O)N(C(=O)c2nn(-c3ccc(C)cc3)c3c2CCCC3)C1. The minimum atomic E-state index is -0.906. The number of methoxy groups -OCH3 is 1. The van der Waals surface area contributed by atoms with E-state index in [9.17, 15) is 14.7 Å². The van der Waals surface area contributed by atoms with Crippen LogP contribution >= 0.6 is 0 Å². The molecule has 0 saturated carbocycles. The van der Waals surface area contributed by atoms with Gasteiger partial charge in [-0.05, 0) is 51.2 Å². The van der Waals surface area contributed by atoms with Crippen LogP contribution < -0.4 is 0 Å². The van der Waals surface area contributed by atoms with Crippen LogP contribution in [0.5, 0.6) is 0 Å². The molecule has 4 rings (SSSR count). The van der Waals surface area contributed by atoms with Gasteiger partial charge in [0.15, 0.2) is 5.69 Å². The van der Waals surface area contributed by atoms with Crippen LogP contribution in [0.25, 0.3) is 5.69 Å². The third-order valence-corrected chi connectivity index (χ3v) is 6.04. The van der Waals surface area contributed by atoms with E-state index in [1.165, 1.54) is 5.56 Å². The molecule has 1 aliphatic carbocycles. The molecule has 2 unspecified atom stereocenters. The lowest BCUT2D eigenvalue weighted by molar-refractivity contribution is -0.138. The van der Waals surface area contributed by atoms with Gasteiger partial charge < -0.3 is 14.7 Å². The number of nitrogens with zero attached hydrogens (tertiary/aromatic N) is 3. The Balaban J connectivity index is 1.71. The Labute approximate surface area is 170 Å². The average molecular weight is 397 g/mol. The van der Waals surface area contributed by atoms with Gasteiger partial charge in [0, 0.05) is 31.0 Å². The molecule has 0 spiro atoms. The monoisotopic (exact) mass is 397 g/mol. The highest BCUT2D eigenvalue weighted by molar-refractivity contribution is 5.95. The highest BCUT2D eigenvalue weighted by Gasteiger charge is 2.39. The van der Waals surface area contributed by atoms with E-state index in [4.69, 9.17) is 9.84 Å². The molecule has 154 valence electrons. The molecule has 1 aromatic carbocycles. The normalized spacial score (nSPS) is 21.2. The number of hydrogen-bond acceptors (Lipinski definition) is 4. The molecule has 2 aromatic rings. The van der Waals surface area contributed by atoms with Gasteiger partial charge in [-0.2, -0.15) is 5.10 Å². The summed E-state index contributed by atoms with van der Waals surface area (Å²) in [6.45, 7) is 2.44. The number of fused-ring (bicyclic) bond motifs is 1. The third-order valence-electron chi connectivity index (χ3n) is 6.04. The smallest absolute Gasteiger partial charge is 0.305 e. The Bertz CT molecular complexity index is 919. The van der Waals surface area contributed by atoms with E-state index in [1.807, 2.05) is 35.9 Å². The molecule has 1 aliphatic heterocycles. The summed E-state index contributed by atoms with van der Waals surface area (Å²) >= 11 is 0. The van der Waals surface area contributed by atoms with E-state index in [0.29, 0.717) is 18.7 Å². The number of carboxylic acids is 1. The number of carbonyl (C=O) groups excluding carboxylic acids is 1. The summed E-state index contributed by atoms with van der Waals surface area (Å²) in [5.74, 6) is -1.09. The van der Waals surface area contributed by atoms with Crippen molar-refractivity contribution in [3.8, 4) is 5.69 Å². The highest BCUT2D eigenvalue weighted by atomic mass is 16.5. The Kier molecular flexibility index (Phi) is 5.41. The van der Waals surface area contributed by atoms with Gasteiger partial charge in [-0.25, -0.2) is 4.68 Å². The standard InChI is InChI=1S/C22H27N3O4/c1-14-7-9-15(10-8-14)25-19-6-4-3-5-18(19)21(23-25)22(28)24-13-17(29-2)11-16(24)12-20(26)27/h7-10,16-17H,3-6,11-13H2,1-2H3,(H,26,27). The van der Waals surface area contributed by atoms with E-state index in [2.05, 4.69) is 0 Å². The van der Waals surface area contributed by atoms with Crippen LogP contribution in [0.4, 0.5) is 0 Å². The van der Waals surface area contributed by atoms with Crippen molar-refractivity contribution in [1.29, 1.82) is 0 Å². The zero-order chi connectivity index (χ0) is 20.5. The van der Waals surface area contributed by atoms with Gasteiger partial charge in [-0.3, -0.25) is 9.59 Å². The molecule has 7 nitrogen and oxygen atoms in total. The number of hydrogen-bond donors (Lipinski definition) is 1. The first-order valence-corrected chi connectivity index (χ1v) is 10.2. The first-order valence-electron chi connectivity index (χ1n) is 10.2. The minimum Gasteiger partial charge on any atom is -0.481 e. The maximum atomic E-state index is 13.5. The Morgan fingerprint density at radius 1 is 1.21 bits per heavy atom.